The monoisotopic (exact) mass is 597 g/mol. The molecular weight excluding hydrogens is 574 g/mol. The van der Waals surface area contributed by atoms with Gasteiger partial charge in [-0.2, -0.15) is 0 Å². The molecule has 3 heterocycles. The van der Waals surface area contributed by atoms with Crippen molar-refractivity contribution in [1.82, 2.24) is 9.88 Å². The molecule has 0 saturated carbocycles. The van der Waals surface area contributed by atoms with Crippen molar-refractivity contribution in [2.75, 3.05) is 25.1 Å². The molecule has 41 heavy (non-hydrogen) atoms. The lowest BCUT2D eigenvalue weighted by molar-refractivity contribution is -0.149. The van der Waals surface area contributed by atoms with Gasteiger partial charge >= 0.3 is 16.8 Å². The van der Waals surface area contributed by atoms with E-state index in [9.17, 15) is 33.9 Å². The van der Waals surface area contributed by atoms with Gasteiger partial charge in [0.25, 0.3) is 5.91 Å². The predicted molar refractivity (Wildman–Crippen MR) is 147 cm³/mol. The fraction of sp³-hybridized carbons (Fsp3) is 0.259. The van der Waals surface area contributed by atoms with Crippen molar-refractivity contribution in [3.63, 3.8) is 0 Å². The third-order valence-electron chi connectivity index (χ3n) is 6.48. The van der Waals surface area contributed by atoms with Crippen LogP contribution in [-0.4, -0.2) is 69.7 Å². The topological polar surface area (TPSA) is 172 Å². The number of fused-ring (bicyclic) bond motifs is 2. The Morgan fingerprint density at radius 2 is 1.83 bits per heavy atom. The maximum absolute atomic E-state index is 13.3. The Morgan fingerprint density at radius 3 is 2.54 bits per heavy atom. The lowest BCUT2D eigenvalue weighted by Crippen LogP contribution is -2.36. The quantitative estimate of drug-likeness (QED) is 0.245. The van der Waals surface area contributed by atoms with Crippen LogP contribution >= 0.6 is 23.1 Å². The van der Waals surface area contributed by atoms with Crippen LogP contribution < -0.4 is 14.9 Å². The Hall–Kier alpha value is -4.43. The van der Waals surface area contributed by atoms with Crippen molar-refractivity contribution in [3.8, 4) is 5.75 Å². The molecule has 2 aliphatic rings. The molecule has 2 aromatic carbocycles. The van der Waals surface area contributed by atoms with E-state index in [1.54, 1.807) is 43.3 Å². The van der Waals surface area contributed by atoms with E-state index in [0.29, 0.717) is 32.5 Å². The van der Waals surface area contributed by atoms with Crippen LogP contribution in [0.2, 0.25) is 0 Å². The van der Waals surface area contributed by atoms with Crippen molar-refractivity contribution in [3.05, 3.63) is 74.2 Å². The number of nitrogens with one attached hydrogen (secondary N) is 2. The number of H-pyrrole nitrogens is 1. The van der Waals surface area contributed by atoms with Crippen molar-refractivity contribution in [2.45, 2.75) is 23.1 Å². The SMILES string of the molecule is CCOC(=O)c1ccc(NC(=O)COc2cccc([C@@H]3c4sc(=O)[nH]c4S[C@@H]4C(=O)N(CC(=O)O)C(=O)[C@H]34)c2)cc1. The third kappa shape index (κ3) is 5.74. The van der Waals surface area contributed by atoms with E-state index in [-0.39, 0.29) is 18.1 Å². The number of esters is 1. The number of carboxylic acids is 1. The van der Waals surface area contributed by atoms with Gasteiger partial charge in [0.05, 0.1) is 23.1 Å². The highest BCUT2D eigenvalue weighted by Gasteiger charge is 2.56. The largest absolute Gasteiger partial charge is 0.484 e. The van der Waals surface area contributed by atoms with Crippen molar-refractivity contribution >= 4 is 58.4 Å². The fourth-order valence-corrected chi connectivity index (χ4v) is 7.31. The summed E-state index contributed by atoms with van der Waals surface area (Å²) in [5.74, 6) is -4.77. The van der Waals surface area contributed by atoms with E-state index in [1.165, 1.54) is 12.1 Å². The molecule has 0 spiro atoms. The van der Waals surface area contributed by atoms with Crippen LogP contribution in [0.3, 0.4) is 0 Å². The molecule has 1 saturated heterocycles. The zero-order valence-electron chi connectivity index (χ0n) is 21.4. The molecule has 12 nitrogen and oxygen atoms in total. The van der Waals surface area contributed by atoms with E-state index >= 15 is 0 Å². The minimum Gasteiger partial charge on any atom is -0.484 e. The molecule has 2 aliphatic heterocycles. The first kappa shape index (κ1) is 28.1. The Balaban J connectivity index is 1.33. The van der Waals surface area contributed by atoms with E-state index < -0.39 is 53.3 Å². The van der Waals surface area contributed by atoms with Crippen molar-refractivity contribution in [1.29, 1.82) is 0 Å². The molecule has 0 bridgehead atoms. The minimum atomic E-state index is -1.31. The maximum atomic E-state index is 13.3. The summed E-state index contributed by atoms with van der Waals surface area (Å²) in [7, 11) is 0. The number of imide groups is 1. The van der Waals surface area contributed by atoms with E-state index in [1.807, 2.05) is 0 Å². The summed E-state index contributed by atoms with van der Waals surface area (Å²) in [4.78, 5) is 77.8. The Morgan fingerprint density at radius 1 is 1.07 bits per heavy atom. The molecule has 14 heteroatoms. The molecule has 1 fully saturated rings. The third-order valence-corrected chi connectivity index (χ3v) is 8.88. The number of hydrogen-bond acceptors (Lipinski definition) is 10. The van der Waals surface area contributed by atoms with Crippen LogP contribution in [0.5, 0.6) is 5.75 Å². The smallest absolute Gasteiger partial charge is 0.338 e. The normalized spacial score (nSPS) is 19.3. The zero-order valence-corrected chi connectivity index (χ0v) is 23.1. The average Bonchev–Trinajstić information content (AvgIpc) is 3.43. The van der Waals surface area contributed by atoms with Gasteiger partial charge in [0, 0.05) is 16.5 Å². The van der Waals surface area contributed by atoms with Crippen molar-refractivity contribution in [2.24, 2.45) is 5.92 Å². The summed E-state index contributed by atoms with van der Waals surface area (Å²) < 4.78 is 10.6. The molecule has 0 aliphatic carbocycles. The summed E-state index contributed by atoms with van der Waals surface area (Å²) in [6, 6.07) is 12.8. The number of carboxylic acid groups (broad SMARTS) is 1. The second-order valence-corrected chi connectivity index (χ2v) is 11.3. The number of aliphatic carboxylic acids is 1. The first-order valence-electron chi connectivity index (χ1n) is 12.4. The van der Waals surface area contributed by atoms with E-state index in [0.717, 1.165) is 28.0 Å². The highest BCUT2D eigenvalue weighted by Crippen LogP contribution is 2.52. The molecule has 0 radical (unpaired) electrons. The second-order valence-electron chi connectivity index (χ2n) is 9.11. The highest BCUT2D eigenvalue weighted by molar-refractivity contribution is 8.00. The number of carbonyl (C=O) groups is 5. The van der Waals surface area contributed by atoms with Gasteiger partial charge in [-0.3, -0.25) is 28.9 Å². The lowest BCUT2D eigenvalue weighted by Gasteiger charge is -2.30. The first-order valence-corrected chi connectivity index (χ1v) is 14.1. The predicted octanol–water partition coefficient (Wildman–Crippen LogP) is 2.31. The van der Waals surface area contributed by atoms with Gasteiger partial charge in [-0.05, 0) is 48.9 Å². The number of aromatic nitrogens is 1. The number of aromatic amines is 1. The summed E-state index contributed by atoms with van der Waals surface area (Å²) in [6.45, 7) is 0.869. The number of carbonyl (C=O) groups excluding carboxylic acids is 4. The number of anilines is 1. The van der Waals surface area contributed by atoms with E-state index in [2.05, 4.69) is 10.3 Å². The van der Waals surface area contributed by atoms with Crippen LogP contribution in [0, 0.1) is 5.92 Å². The van der Waals surface area contributed by atoms with Gasteiger partial charge in [-0.1, -0.05) is 35.2 Å². The number of thiazole rings is 1. The Bertz CT molecular complexity index is 1600. The molecule has 212 valence electrons. The fourth-order valence-electron chi connectivity index (χ4n) is 4.77. The molecule has 5 rings (SSSR count). The van der Waals surface area contributed by atoms with Gasteiger partial charge < -0.3 is 24.9 Å². The zero-order chi connectivity index (χ0) is 29.3. The van der Waals surface area contributed by atoms with E-state index in [4.69, 9.17) is 9.47 Å². The van der Waals surface area contributed by atoms with Crippen LogP contribution in [0.4, 0.5) is 5.69 Å². The first-order chi connectivity index (χ1) is 19.7. The average molecular weight is 598 g/mol. The number of rotatable bonds is 9. The number of thioether (sulfide) groups is 1. The van der Waals surface area contributed by atoms with Gasteiger partial charge in [0.15, 0.2) is 6.61 Å². The Kier molecular flexibility index (Phi) is 7.94. The number of nitrogens with zero attached hydrogens (tertiary/aromatic N) is 1. The number of likely N-dealkylation sites (tertiary alicyclic amines) is 1. The van der Waals surface area contributed by atoms with Gasteiger partial charge in [0.2, 0.25) is 11.8 Å². The molecule has 3 atom stereocenters. The molecule has 1 aromatic heterocycles. The van der Waals surface area contributed by atoms with Crippen LogP contribution in [-0.2, 0) is 23.9 Å². The number of benzene rings is 2. The number of ether oxygens (including phenoxy) is 2. The molecule has 3 amide bonds. The van der Waals surface area contributed by atoms with Crippen molar-refractivity contribution < 1.29 is 38.6 Å². The van der Waals surface area contributed by atoms with Gasteiger partial charge in [0.1, 0.15) is 17.5 Å². The molecular formula is C27H23N3O9S2. The van der Waals surface area contributed by atoms with Gasteiger partial charge in [-0.25, -0.2) is 4.79 Å². The summed E-state index contributed by atoms with van der Waals surface area (Å²) in [5.41, 5.74) is 1.38. The summed E-state index contributed by atoms with van der Waals surface area (Å²) in [6.07, 6.45) is 0. The molecule has 3 aromatic rings. The Labute approximate surface area is 240 Å². The number of amides is 3. The van der Waals surface area contributed by atoms with Crippen LogP contribution in [0.15, 0.2) is 58.4 Å². The molecule has 0 unspecified atom stereocenters. The maximum Gasteiger partial charge on any atom is 0.338 e. The highest BCUT2D eigenvalue weighted by atomic mass is 32.2. The number of hydrogen-bond donors (Lipinski definition) is 3. The standard InChI is InChI=1S/C27H23N3O9S2/c1-2-38-26(36)13-6-8-15(9-7-13)28-17(31)12-39-16-5-3-4-14(10-16)19-20-22(40-23-21(19)41-27(37)29-23)25(35)30(24(20)34)11-18(32)33/h3-10,19-20,22H,2,11-12H2,1H3,(H,28,31)(H,29,37)(H,32,33)/t19-,20+,22-/m0/s1. The van der Waals surface area contributed by atoms with Crippen LogP contribution in [0.25, 0.3) is 0 Å². The molecule has 3 N–H and O–H groups in total. The van der Waals surface area contributed by atoms with Crippen LogP contribution in [0.1, 0.15) is 33.6 Å². The minimum absolute atomic E-state index is 0.251. The lowest BCUT2D eigenvalue weighted by atomic mass is 9.83. The summed E-state index contributed by atoms with van der Waals surface area (Å²) >= 11 is 1.98. The summed E-state index contributed by atoms with van der Waals surface area (Å²) in [5, 5.41) is 11.5. The van der Waals surface area contributed by atoms with Gasteiger partial charge in [-0.15, -0.1) is 0 Å². The second kappa shape index (κ2) is 11.6.